The minimum Gasteiger partial charge on any atom is -0.454 e. The standard InChI is InChI=1S/C22H31F3N2O5/c1-12(2)15-8-6-9-16(13(3)4)19(15)32-17(28)10-7-11-27-20(29)18(26)14(5)31-21(30)22(23,24)25/h6,8-9,12-14,18H,7,10-11,26H2,1-5H3,(H,27,29)/t14-,18+/m1/s1. The summed E-state index contributed by atoms with van der Waals surface area (Å²) in [5, 5.41) is 2.41. The van der Waals surface area contributed by atoms with Crippen LogP contribution in [0.25, 0.3) is 0 Å². The van der Waals surface area contributed by atoms with Gasteiger partial charge in [-0.1, -0.05) is 45.9 Å². The van der Waals surface area contributed by atoms with E-state index in [1.807, 2.05) is 45.9 Å². The summed E-state index contributed by atoms with van der Waals surface area (Å²) in [7, 11) is 0. The fourth-order valence-corrected chi connectivity index (χ4v) is 2.85. The molecule has 0 bridgehead atoms. The maximum Gasteiger partial charge on any atom is 0.490 e. The molecule has 0 heterocycles. The predicted molar refractivity (Wildman–Crippen MR) is 112 cm³/mol. The molecule has 0 aliphatic carbocycles. The van der Waals surface area contributed by atoms with Crippen molar-refractivity contribution >= 4 is 17.8 Å². The van der Waals surface area contributed by atoms with Crippen LogP contribution in [0, 0.1) is 0 Å². The van der Waals surface area contributed by atoms with Crippen molar-refractivity contribution in [2.75, 3.05) is 6.54 Å². The molecule has 0 saturated heterocycles. The normalized spacial score (nSPS) is 13.6. The maximum atomic E-state index is 12.3. The molecule has 3 N–H and O–H groups in total. The van der Waals surface area contributed by atoms with Crippen molar-refractivity contribution in [2.45, 2.75) is 77.6 Å². The van der Waals surface area contributed by atoms with Crippen LogP contribution in [-0.4, -0.2) is 42.7 Å². The van der Waals surface area contributed by atoms with Crippen molar-refractivity contribution in [3.05, 3.63) is 29.3 Å². The van der Waals surface area contributed by atoms with Crippen LogP contribution in [0.5, 0.6) is 5.75 Å². The number of nitrogens with one attached hydrogen (secondary N) is 1. The number of hydrogen-bond donors (Lipinski definition) is 2. The van der Waals surface area contributed by atoms with E-state index in [4.69, 9.17) is 10.5 Å². The van der Waals surface area contributed by atoms with Crippen LogP contribution in [0.2, 0.25) is 0 Å². The average Bonchev–Trinajstić information content (AvgIpc) is 2.69. The molecule has 1 rings (SSSR count). The van der Waals surface area contributed by atoms with Gasteiger partial charge in [-0.15, -0.1) is 0 Å². The molecule has 0 aromatic heterocycles. The van der Waals surface area contributed by atoms with Crippen molar-refractivity contribution in [1.29, 1.82) is 0 Å². The smallest absolute Gasteiger partial charge is 0.454 e. The third kappa shape index (κ3) is 8.14. The number of benzene rings is 1. The summed E-state index contributed by atoms with van der Waals surface area (Å²) >= 11 is 0. The molecule has 180 valence electrons. The zero-order chi connectivity index (χ0) is 24.6. The first-order valence-electron chi connectivity index (χ1n) is 10.4. The highest BCUT2D eigenvalue weighted by molar-refractivity contribution is 5.83. The second-order valence-corrected chi connectivity index (χ2v) is 8.08. The van der Waals surface area contributed by atoms with Crippen LogP contribution >= 0.6 is 0 Å². The highest BCUT2D eigenvalue weighted by Crippen LogP contribution is 2.34. The van der Waals surface area contributed by atoms with E-state index in [0.29, 0.717) is 5.75 Å². The molecule has 0 aliphatic heterocycles. The van der Waals surface area contributed by atoms with Crippen LogP contribution in [0.4, 0.5) is 13.2 Å². The number of amides is 1. The Balaban J connectivity index is 2.56. The molecule has 7 nitrogen and oxygen atoms in total. The number of alkyl halides is 3. The average molecular weight is 460 g/mol. The van der Waals surface area contributed by atoms with Crippen LogP contribution in [0.3, 0.4) is 0 Å². The van der Waals surface area contributed by atoms with Crippen molar-refractivity contribution in [3.8, 4) is 5.75 Å². The lowest BCUT2D eigenvalue weighted by Crippen LogP contribution is -2.49. The summed E-state index contributed by atoms with van der Waals surface area (Å²) in [5.74, 6) is -2.82. The van der Waals surface area contributed by atoms with Gasteiger partial charge in [0.15, 0.2) is 0 Å². The van der Waals surface area contributed by atoms with Crippen molar-refractivity contribution < 1.29 is 37.0 Å². The van der Waals surface area contributed by atoms with Gasteiger partial charge in [0, 0.05) is 13.0 Å². The molecule has 1 aromatic rings. The first kappa shape index (κ1) is 27.4. The Hall–Kier alpha value is -2.62. The molecule has 1 amide bonds. The van der Waals surface area contributed by atoms with Gasteiger partial charge in [0.25, 0.3) is 0 Å². The Morgan fingerprint density at radius 2 is 1.56 bits per heavy atom. The Morgan fingerprint density at radius 3 is 2.03 bits per heavy atom. The van der Waals surface area contributed by atoms with E-state index in [1.54, 1.807) is 0 Å². The molecule has 10 heteroatoms. The largest absolute Gasteiger partial charge is 0.490 e. The van der Waals surface area contributed by atoms with Gasteiger partial charge in [-0.3, -0.25) is 9.59 Å². The third-order valence-electron chi connectivity index (χ3n) is 4.73. The van der Waals surface area contributed by atoms with E-state index in [1.165, 1.54) is 0 Å². The summed E-state index contributed by atoms with van der Waals surface area (Å²) in [6.07, 6.45) is -6.41. The fraction of sp³-hybridized carbons (Fsp3) is 0.591. The topological polar surface area (TPSA) is 108 Å². The molecule has 0 aliphatic rings. The Bertz CT molecular complexity index is 783. The summed E-state index contributed by atoms with van der Waals surface area (Å²) in [6, 6.07) is 4.26. The Morgan fingerprint density at radius 1 is 1.03 bits per heavy atom. The molecule has 0 spiro atoms. The SMILES string of the molecule is CC(C)c1cccc(C(C)C)c1OC(=O)CCCNC(=O)[C@@H](N)[C@@H](C)OC(=O)C(F)(F)F. The Kier molecular flexibility index (Phi) is 10.1. The van der Waals surface area contributed by atoms with E-state index in [2.05, 4.69) is 10.1 Å². The van der Waals surface area contributed by atoms with Crippen molar-refractivity contribution in [1.82, 2.24) is 5.32 Å². The van der Waals surface area contributed by atoms with E-state index in [9.17, 15) is 27.6 Å². The lowest BCUT2D eigenvalue weighted by Gasteiger charge is -2.20. The molecule has 0 saturated carbocycles. The number of nitrogens with two attached hydrogens (primary N) is 1. The zero-order valence-corrected chi connectivity index (χ0v) is 18.9. The number of carbonyl (C=O) groups excluding carboxylic acids is 3. The number of halogens is 3. The first-order chi connectivity index (χ1) is 14.8. The van der Waals surface area contributed by atoms with Gasteiger partial charge in [-0.25, -0.2) is 4.79 Å². The van der Waals surface area contributed by atoms with Gasteiger partial charge in [-0.05, 0) is 36.3 Å². The van der Waals surface area contributed by atoms with Crippen LogP contribution in [0.1, 0.15) is 70.4 Å². The Labute approximate surface area is 185 Å². The van der Waals surface area contributed by atoms with Crippen molar-refractivity contribution in [2.24, 2.45) is 5.73 Å². The number of ether oxygens (including phenoxy) is 2. The first-order valence-corrected chi connectivity index (χ1v) is 10.4. The van der Waals surface area contributed by atoms with Gasteiger partial charge in [0.1, 0.15) is 17.9 Å². The zero-order valence-electron chi connectivity index (χ0n) is 18.9. The fourth-order valence-electron chi connectivity index (χ4n) is 2.85. The summed E-state index contributed by atoms with van der Waals surface area (Å²) in [6.45, 7) is 9.14. The monoisotopic (exact) mass is 460 g/mol. The van der Waals surface area contributed by atoms with Crippen LogP contribution < -0.4 is 15.8 Å². The minimum atomic E-state index is -5.17. The highest BCUT2D eigenvalue weighted by atomic mass is 19.4. The molecule has 1 aromatic carbocycles. The third-order valence-corrected chi connectivity index (χ3v) is 4.73. The van der Waals surface area contributed by atoms with E-state index in [0.717, 1.165) is 18.1 Å². The molecule has 0 unspecified atom stereocenters. The predicted octanol–water partition coefficient (Wildman–Crippen LogP) is 3.56. The highest BCUT2D eigenvalue weighted by Gasteiger charge is 2.42. The lowest BCUT2D eigenvalue weighted by molar-refractivity contribution is -0.204. The van der Waals surface area contributed by atoms with Gasteiger partial charge >= 0.3 is 18.1 Å². The number of hydrogen-bond acceptors (Lipinski definition) is 6. The summed E-state index contributed by atoms with van der Waals surface area (Å²) < 4.78 is 46.5. The van der Waals surface area contributed by atoms with Crippen LogP contribution in [-0.2, 0) is 19.1 Å². The molecule has 32 heavy (non-hydrogen) atoms. The maximum absolute atomic E-state index is 12.3. The summed E-state index contributed by atoms with van der Waals surface area (Å²) in [5.41, 5.74) is 7.38. The van der Waals surface area contributed by atoms with E-state index < -0.39 is 36.2 Å². The molecule has 0 radical (unpaired) electrons. The number of esters is 2. The lowest BCUT2D eigenvalue weighted by atomic mass is 9.94. The molecule has 2 atom stereocenters. The number of carbonyl (C=O) groups is 3. The van der Waals surface area contributed by atoms with E-state index in [-0.39, 0.29) is 31.2 Å². The summed E-state index contributed by atoms with van der Waals surface area (Å²) in [4.78, 5) is 35.1. The van der Waals surface area contributed by atoms with E-state index >= 15 is 0 Å². The molecular weight excluding hydrogens is 429 g/mol. The molecule has 0 fully saturated rings. The van der Waals surface area contributed by atoms with Crippen molar-refractivity contribution in [3.63, 3.8) is 0 Å². The number of rotatable bonds is 10. The second-order valence-electron chi connectivity index (χ2n) is 8.08. The number of para-hydroxylation sites is 1. The van der Waals surface area contributed by atoms with Gasteiger partial charge in [0.2, 0.25) is 5.91 Å². The molecular formula is C22H31F3N2O5. The quantitative estimate of drug-likeness (QED) is 0.314. The van der Waals surface area contributed by atoms with Crippen LogP contribution in [0.15, 0.2) is 18.2 Å². The van der Waals surface area contributed by atoms with Gasteiger partial charge in [0.05, 0.1) is 0 Å². The minimum absolute atomic E-state index is 0.0120. The van der Waals surface area contributed by atoms with Gasteiger partial charge < -0.3 is 20.5 Å². The van der Waals surface area contributed by atoms with Gasteiger partial charge in [-0.2, -0.15) is 13.2 Å². The second kappa shape index (κ2) is 11.8.